The van der Waals surface area contributed by atoms with E-state index >= 15 is 0 Å². The van der Waals surface area contributed by atoms with Gasteiger partial charge in [0.05, 0.1) is 22.6 Å². The topological polar surface area (TPSA) is 138 Å². The SMILES string of the molecule is NCC(O)C(O)c1cnc2[nH]cc([N+](=O)[O-])c2c1. The number of rotatable bonds is 4. The van der Waals surface area contributed by atoms with Crippen LogP contribution >= 0.6 is 0 Å². The molecule has 0 aliphatic rings. The van der Waals surface area contributed by atoms with E-state index in [4.69, 9.17) is 5.73 Å². The number of aliphatic hydroxyl groups is 2. The average molecular weight is 252 g/mol. The van der Waals surface area contributed by atoms with Gasteiger partial charge in [-0.25, -0.2) is 4.98 Å². The lowest BCUT2D eigenvalue weighted by molar-refractivity contribution is -0.383. The molecular weight excluding hydrogens is 240 g/mol. The maximum atomic E-state index is 10.8. The van der Waals surface area contributed by atoms with Crippen molar-refractivity contribution in [3.8, 4) is 0 Å². The molecule has 0 saturated carbocycles. The molecule has 0 spiro atoms. The largest absolute Gasteiger partial charge is 0.389 e. The highest BCUT2D eigenvalue weighted by Crippen LogP contribution is 2.27. The number of nitro groups is 1. The summed E-state index contributed by atoms with van der Waals surface area (Å²) in [7, 11) is 0. The van der Waals surface area contributed by atoms with Crippen molar-refractivity contribution in [1.29, 1.82) is 0 Å². The van der Waals surface area contributed by atoms with Gasteiger partial charge < -0.3 is 20.9 Å². The Hall–Kier alpha value is -2.03. The number of aromatic amines is 1. The van der Waals surface area contributed by atoms with Gasteiger partial charge in [-0.2, -0.15) is 0 Å². The molecule has 0 fully saturated rings. The molecule has 2 rings (SSSR count). The van der Waals surface area contributed by atoms with Gasteiger partial charge in [0.15, 0.2) is 0 Å². The van der Waals surface area contributed by atoms with Crippen LogP contribution in [0.2, 0.25) is 0 Å². The van der Waals surface area contributed by atoms with Crippen LogP contribution in [0.25, 0.3) is 11.0 Å². The molecule has 2 aromatic heterocycles. The summed E-state index contributed by atoms with van der Waals surface area (Å²) in [6.45, 7) is -0.117. The summed E-state index contributed by atoms with van der Waals surface area (Å²) in [5.41, 5.74) is 5.73. The monoisotopic (exact) mass is 252 g/mol. The Morgan fingerprint density at radius 1 is 1.56 bits per heavy atom. The van der Waals surface area contributed by atoms with E-state index in [1.54, 1.807) is 0 Å². The number of fused-ring (bicyclic) bond motifs is 1. The molecule has 0 amide bonds. The summed E-state index contributed by atoms with van der Waals surface area (Å²) >= 11 is 0. The highest BCUT2D eigenvalue weighted by molar-refractivity contribution is 5.86. The first-order chi connectivity index (χ1) is 8.54. The minimum Gasteiger partial charge on any atom is -0.389 e. The maximum absolute atomic E-state index is 10.8. The van der Waals surface area contributed by atoms with Crippen molar-refractivity contribution in [3.63, 3.8) is 0 Å². The molecule has 18 heavy (non-hydrogen) atoms. The van der Waals surface area contributed by atoms with Crippen LogP contribution < -0.4 is 5.73 Å². The van der Waals surface area contributed by atoms with Gasteiger partial charge in [0.25, 0.3) is 5.69 Å². The van der Waals surface area contributed by atoms with Crippen LogP contribution in [0.15, 0.2) is 18.5 Å². The van der Waals surface area contributed by atoms with E-state index in [1.807, 2.05) is 0 Å². The molecule has 2 unspecified atom stereocenters. The molecule has 0 radical (unpaired) electrons. The minimum absolute atomic E-state index is 0.117. The fraction of sp³-hybridized carbons (Fsp3) is 0.300. The number of aromatic nitrogens is 2. The van der Waals surface area contributed by atoms with Crippen molar-refractivity contribution in [1.82, 2.24) is 9.97 Å². The summed E-state index contributed by atoms with van der Waals surface area (Å²) in [4.78, 5) is 16.8. The molecule has 5 N–H and O–H groups in total. The molecule has 96 valence electrons. The maximum Gasteiger partial charge on any atom is 0.296 e. The Morgan fingerprint density at radius 3 is 2.89 bits per heavy atom. The van der Waals surface area contributed by atoms with Crippen molar-refractivity contribution in [3.05, 3.63) is 34.1 Å². The number of aliphatic hydroxyl groups excluding tert-OH is 2. The van der Waals surface area contributed by atoms with Gasteiger partial charge in [-0.3, -0.25) is 10.1 Å². The fourth-order valence-corrected chi connectivity index (χ4v) is 1.67. The molecular formula is C10H12N4O4. The first kappa shape index (κ1) is 12.4. The summed E-state index contributed by atoms with van der Waals surface area (Å²) in [6, 6.07) is 1.42. The van der Waals surface area contributed by atoms with Gasteiger partial charge in [0.1, 0.15) is 11.8 Å². The van der Waals surface area contributed by atoms with Crippen LogP contribution in [0.1, 0.15) is 11.7 Å². The number of hydrogen-bond donors (Lipinski definition) is 4. The zero-order valence-corrected chi connectivity index (χ0v) is 9.28. The van der Waals surface area contributed by atoms with Crippen LogP contribution in [-0.2, 0) is 0 Å². The average Bonchev–Trinajstić information content (AvgIpc) is 2.79. The highest BCUT2D eigenvalue weighted by atomic mass is 16.6. The molecule has 0 aliphatic heterocycles. The Bertz CT molecular complexity index is 582. The molecule has 0 aliphatic carbocycles. The van der Waals surface area contributed by atoms with Crippen molar-refractivity contribution in [2.75, 3.05) is 6.54 Å². The second kappa shape index (κ2) is 4.69. The number of nitrogens with zero attached hydrogens (tertiary/aromatic N) is 2. The molecule has 8 nitrogen and oxygen atoms in total. The molecule has 8 heteroatoms. The van der Waals surface area contributed by atoms with Gasteiger partial charge in [0, 0.05) is 18.3 Å². The Balaban J connectivity index is 2.48. The van der Waals surface area contributed by atoms with Crippen LogP contribution in [0.3, 0.4) is 0 Å². The molecule has 2 atom stereocenters. The smallest absolute Gasteiger partial charge is 0.296 e. The molecule has 2 heterocycles. The Morgan fingerprint density at radius 2 is 2.28 bits per heavy atom. The number of nitrogens with two attached hydrogens (primary N) is 1. The van der Waals surface area contributed by atoms with Gasteiger partial charge in [0.2, 0.25) is 0 Å². The first-order valence-corrected chi connectivity index (χ1v) is 5.22. The fourth-order valence-electron chi connectivity index (χ4n) is 1.67. The molecule has 0 bridgehead atoms. The van der Waals surface area contributed by atoms with Gasteiger partial charge >= 0.3 is 0 Å². The normalized spacial score (nSPS) is 14.6. The lowest BCUT2D eigenvalue weighted by Crippen LogP contribution is -2.27. The Kier molecular flexibility index (Phi) is 3.24. The van der Waals surface area contributed by atoms with E-state index in [1.165, 1.54) is 18.5 Å². The molecule has 2 aromatic rings. The summed E-state index contributed by atoms with van der Waals surface area (Å²) in [5.74, 6) is 0. The molecule has 0 aromatic carbocycles. The van der Waals surface area contributed by atoms with E-state index in [0.29, 0.717) is 5.65 Å². The van der Waals surface area contributed by atoms with E-state index < -0.39 is 17.1 Å². The lowest BCUT2D eigenvalue weighted by Gasteiger charge is -2.15. The standard InChI is InChI=1S/C10H12N4O4/c11-2-8(15)9(16)5-1-6-7(14(17)18)4-13-10(6)12-3-5/h1,3-4,8-9,15-16H,2,11H2,(H,12,13). The number of H-pyrrole nitrogens is 1. The number of nitrogens with one attached hydrogen (secondary N) is 1. The van der Waals surface area contributed by atoms with Crippen LogP contribution in [-0.4, -0.2) is 37.8 Å². The Labute approximate surface area is 101 Å². The minimum atomic E-state index is -1.22. The van der Waals surface area contributed by atoms with E-state index in [0.717, 1.165) is 0 Å². The van der Waals surface area contributed by atoms with Crippen molar-refractivity contribution in [2.45, 2.75) is 12.2 Å². The predicted octanol–water partition coefficient (Wildman–Crippen LogP) is -0.176. The van der Waals surface area contributed by atoms with Crippen LogP contribution in [0.4, 0.5) is 5.69 Å². The lowest BCUT2D eigenvalue weighted by atomic mass is 10.1. The third-order valence-corrected chi connectivity index (χ3v) is 2.67. The zero-order valence-electron chi connectivity index (χ0n) is 9.28. The van der Waals surface area contributed by atoms with Crippen molar-refractivity contribution in [2.24, 2.45) is 5.73 Å². The van der Waals surface area contributed by atoms with Gasteiger partial charge in [-0.05, 0) is 6.07 Å². The summed E-state index contributed by atoms with van der Waals surface area (Å²) in [5, 5.41) is 30.3. The first-order valence-electron chi connectivity index (χ1n) is 5.22. The van der Waals surface area contributed by atoms with E-state index in [9.17, 15) is 20.3 Å². The van der Waals surface area contributed by atoms with Gasteiger partial charge in [-0.15, -0.1) is 0 Å². The van der Waals surface area contributed by atoms with E-state index in [-0.39, 0.29) is 23.2 Å². The molecule has 0 saturated heterocycles. The van der Waals surface area contributed by atoms with Gasteiger partial charge in [-0.1, -0.05) is 0 Å². The van der Waals surface area contributed by atoms with E-state index in [2.05, 4.69) is 9.97 Å². The summed E-state index contributed by atoms with van der Waals surface area (Å²) < 4.78 is 0. The van der Waals surface area contributed by atoms with Crippen molar-refractivity contribution >= 4 is 16.7 Å². The predicted molar refractivity (Wildman–Crippen MR) is 62.8 cm³/mol. The third-order valence-electron chi connectivity index (χ3n) is 2.67. The second-order valence-corrected chi connectivity index (χ2v) is 3.84. The second-order valence-electron chi connectivity index (χ2n) is 3.84. The van der Waals surface area contributed by atoms with Crippen molar-refractivity contribution < 1.29 is 15.1 Å². The highest BCUT2D eigenvalue weighted by Gasteiger charge is 2.21. The number of pyridine rings is 1. The quantitative estimate of drug-likeness (QED) is 0.440. The number of hydrogen-bond acceptors (Lipinski definition) is 6. The van der Waals surface area contributed by atoms with Crippen LogP contribution in [0.5, 0.6) is 0 Å². The third kappa shape index (κ3) is 2.04. The summed E-state index contributed by atoms with van der Waals surface area (Å²) in [6.07, 6.45) is 0.211. The van der Waals surface area contributed by atoms with Crippen LogP contribution in [0, 0.1) is 10.1 Å². The zero-order chi connectivity index (χ0) is 13.3.